The molecular weight excluding hydrogens is 246 g/mol. The lowest BCUT2D eigenvalue weighted by atomic mass is 10.0. The van der Waals surface area contributed by atoms with Gasteiger partial charge in [0.05, 0.1) is 6.61 Å². The lowest BCUT2D eigenvalue weighted by Gasteiger charge is -2.15. The van der Waals surface area contributed by atoms with E-state index < -0.39 is 0 Å². The molecular formula is C15H24ClNO. The Morgan fingerprint density at radius 2 is 2.06 bits per heavy atom. The predicted octanol–water partition coefficient (Wildman–Crippen LogP) is 4.19. The Balaban J connectivity index is 2.67. The van der Waals surface area contributed by atoms with Crippen molar-refractivity contribution in [3.63, 3.8) is 0 Å². The largest absolute Gasteiger partial charge is 0.493 e. The van der Waals surface area contributed by atoms with Gasteiger partial charge in [0.15, 0.2) is 0 Å². The van der Waals surface area contributed by atoms with Crippen molar-refractivity contribution in [3.05, 3.63) is 28.8 Å². The van der Waals surface area contributed by atoms with E-state index in [0.717, 1.165) is 42.2 Å². The van der Waals surface area contributed by atoms with Crippen LogP contribution in [0.25, 0.3) is 0 Å². The van der Waals surface area contributed by atoms with Crippen LogP contribution in [0, 0.1) is 0 Å². The molecule has 102 valence electrons. The van der Waals surface area contributed by atoms with Crippen molar-refractivity contribution >= 4 is 11.6 Å². The highest BCUT2D eigenvalue weighted by atomic mass is 35.5. The molecule has 1 rings (SSSR count). The molecule has 0 aromatic heterocycles. The van der Waals surface area contributed by atoms with Crippen LogP contribution < -0.4 is 10.5 Å². The highest BCUT2D eigenvalue weighted by Crippen LogP contribution is 2.28. The van der Waals surface area contributed by atoms with E-state index in [9.17, 15) is 0 Å². The topological polar surface area (TPSA) is 35.2 Å². The molecule has 0 bridgehead atoms. The standard InChI is InChI=1S/C15H24ClNO/c1-3-5-6-10-18-15-9-7-8-14(16)13(15)11-12(17)4-2/h7-9,12H,3-6,10-11,17H2,1-2H3. The Hall–Kier alpha value is -0.730. The summed E-state index contributed by atoms with van der Waals surface area (Å²) in [4.78, 5) is 0. The average Bonchev–Trinajstić information content (AvgIpc) is 2.38. The molecule has 1 aromatic rings. The van der Waals surface area contributed by atoms with E-state index >= 15 is 0 Å². The van der Waals surface area contributed by atoms with Crippen LogP contribution in [0.2, 0.25) is 5.02 Å². The predicted molar refractivity (Wildman–Crippen MR) is 78.4 cm³/mol. The van der Waals surface area contributed by atoms with Gasteiger partial charge < -0.3 is 10.5 Å². The molecule has 0 aliphatic carbocycles. The van der Waals surface area contributed by atoms with Crippen molar-refractivity contribution in [2.75, 3.05) is 6.61 Å². The normalized spacial score (nSPS) is 12.4. The number of hydrogen-bond donors (Lipinski definition) is 1. The molecule has 0 amide bonds. The lowest BCUT2D eigenvalue weighted by molar-refractivity contribution is 0.302. The first-order valence-electron chi connectivity index (χ1n) is 6.84. The van der Waals surface area contributed by atoms with Gasteiger partial charge in [0, 0.05) is 16.6 Å². The summed E-state index contributed by atoms with van der Waals surface area (Å²) >= 11 is 6.23. The number of hydrogen-bond acceptors (Lipinski definition) is 2. The van der Waals surface area contributed by atoms with Crippen molar-refractivity contribution in [1.82, 2.24) is 0 Å². The minimum absolute atomic E-state index is 0.142. The van der Waals surface area contributed by atoms with Gasteiger partial charge in [0.2, 0.25) is 0 Å². The Kier molecular flexibility index (Phi) is 7.14. The fraction of sp³-hybridized carbons (Fsp3) is 0.600. The first-order valence-corrected chi connectivity index (χ1v) is 7.22. The maximum Gasteiger partial charge on any atom is 0.124 e. The van der Waals surface area contributed by atoms with Crippen LogP contribution in [0.5, 0.6) is 5.75 Å². The average molecular weight is 270 g/mol. The number of ether oxygens (including phenoxy) is 1. The van der Waals surface area contributed by atoms with Crippen molar-refractivity contribution in [2.24, 2.45) is 5.73 Å². The molecule has 2 N–H and O–H groups in total. The van der Waals surface area contributed by atoms with Crippen LogP contribution in [0.1, 0.15) is 45.1 Å². The monoisotopic (exact) mass is 269 g/mol. The zero-order valence-corrected chi connectivity index (χ0v) is 12.2. The fourth-order valence-electron chi connectivity index (χ4n) is 1.81. The van der Waals surface area contributed by atoms with Gasteiger partial charge in [-0.3, -0.25) is 0 Å². The van der Waals surface area contributed by atoms with Gasteiger partial charge in [0.1, 0.15) is 5.75 Å². The molecule has 1 aromatic carbocycles. The van der Waals surface area contributed by atoms with Gasteiger partial charge >= 0.3 is 0 Å². The van der Waals surface area contributed by atoms with Crippen LogP contribution in [0.15, 0.2) is 18.2 Å². The third-order valence-electron chi connectivity index (χ3n) is 3.07. The summed E-state index contributed by atoms with van der Waals surface area (Å²) in [5.41, 5.74) is 7.05. The van der Waals surface area contributed by atoms with E-state index in [2.05, 4.69) is 13.8 Å². The molecule has 0 aliphatic rings. The molecule has 18 heavy (non-hydrogen) atoms. The van der Waals surface area contributed by atoms with E-state index in [4.69, 9.17) is 22.1 Å². The molecule has 0 fully saturated rings. The van der Waals surface area contributed by atoms with Gasteiger partial charge in [-0.05, 0) is 31.4 Å². The van der Waals surface area contributed by atoms with Gasteiger partial charge in [-0.15, -0.1) is 0 Å². The number of halogens is 1. The maximum atomic E-state index is 6.23. The zero-order valence-electron chi connectivity index (χ0n) is 11.4. The Labute approximate surface area is 115 Å². The quantitative estimate of drug-likeness (QED) is 0.718. The minimum atomic E-state index is 0.142. The molecule has 0 aliphatic heterocycles. The number of unbranched alkanes of at least 4 members (excludes halogenated alkanes) is 2. The highest BCUT2D eigenvalue weighted by Gasteiger charge is 2.11. The van der Waals surface area contributed by atoms with Crippen molar-refractivity contribution in [3.8, 4) is 5.75 Å². The van der Waals surface area contributed by atoms with Crippen LogP contribution in [0.4, 0.5) is 0 Å². The molecule has 2 nitrogen and oxygen atoms in total. The van der Waals surface area contributed by atoms with Gasteiger partial charge in [-0.25, -0.2) is 0 Å². The van der Waals surface area contributed by atoms with Crippen LogP contribution in [0.3, 0.4) is 0 Å². The summed E-state index contributed by atoms with van der Waals surface area (Å²) < 4.78 is 5.83. The van der Waals surface area contributed by atoms with Gasteiger partial charge in [0.25, 0.3) is 0 Å². The van der Waals surface area contributed by atoms with Gasteiger partial charge in [-0.2, -0.15) is 0 Å². The summed E-state index contributed by atoms with van der Waals surface area (Å²) in [6.45, 7) is 5.02. The third kappa shape index (κ3) is 4.87. The molecule has 3 heteroatoms. The maximum absolute atomic E-state index is 6.23. The molecule has 0 saturated heterocycles. The summed E-state index contributed by atoms with van der Waals surface area (Å²) in [7, 11) is 0. The molecule has 0 radical (unpaired) electrons. The van der Waals surface area contributed by atoms with Crippen molar-refractivity contribution < 1.29 is 4.74 Å². The van der Waals surface area contributed by atoms with E-state index in [-0.39, 0.29) is 6.04 Å². The Morgan fingerprint density at radius 1 is 1.28 bits per heavy atom. The third-order valence-corrected chi connectivity index (χ3v) is 3.43. The Bertz CT molecular complexity index is 354. The second-order valence-electron chi connectivity index (χ2n) is 4.64. The second kappa shape index (κ2) is 8.39. The van der Waals surface area contributed by atoms with E-state index in [0.29, 0.717) is 0 Å². The van der Waals surface area contributed by atoms with Crippen molar-refractivity contribution in [1.29, 1.82) is 0 Å². The van der Waals surface area contributed by atoms with E-state index in [1.165, 1.54) is 12.8 Å². The second-order valence-corrected chi connectivity index (χ2v) is 5.05. The lowest BCUT2D eigenvalue weighted by Crippen LogP contribution is -2.22. The zero-order chi connectivity index (χ0) is 13.4. The summed E-state index contributed by atoms with van der Waals surface area (Å²) in [6.07, 6.45) is 5.21. The SMILES string of the molecule is CCCCCOc1cccc(Cl)c1CC(N)CC. The molecule has 0 heterocycles. The van der Waals surface area contributed by atoms with Crippen LogP contribution in [-0.4, -0.2) is 12.6 Å². The minimum Gasteiger partial charge on any atom is -0.493 e. The molecule has 1 atom stereocenters. The molecule has 0 saturated carbocycles. The first-order chi connectivity index (χ1) is 8.69. The smallest absolute Gasteiger partial charge is 0.124 e. The van der Waals surface area contributed by atoms with Gasteiger partial charge in [-0.1, -0.05) is 44.4 Å². The molecule has 0 spiro atoms. The fourth-order valence-corrected chi connectivity index (χ4v) is 2.06. The van der Waals surface area contributed by atoms with Crippen LogP contribution >= 0.6 is 11.6 Å². The summed E-state index contributed by atoms with van der Waals surface area (Å²) in [5, 5.41) is 0.756. The van der Waals surface area contributed by atoms with E-state index in [1.807, 2.05) is 18.2 Å². The molecule has 1 unspecified atom stereocenters. The van der Waals surface area contributed by atoms with Crippen molar-refractivity contribution in [2.45, 2.75) is 52.0 Å². The van der Waals surface area contributed by atoms with Crippen LogP contribution in [-0.2, 0) is 6.42 Å². The Morgan fingerprint density at radius 3 is 2.72 bits per heavy atom. The number of nitrogens with two attached hydrogens (primary N) is 1. The highest BCUT2D eigenvalue weighted by molar-refractivity contribution is 6.31. The first kappa shape index (κ1) is 15.3. The summed E-state index contributed by atoms with van der Waals surface area (Å²) in [5.74, 6) is 0.891. The van der Waals surface area contributed by atoms with E-state index in [1.54, 1.807) is 0 Å². The number of benzene rings is 1. The number of rotatable bonds is 8. The summed E-state index contributed by atoms with van der Waals surface area (Å²) in [6, 6.07) is 5.95.